The van der Waals surface area contributed by atoms with E-state index in [1.807, 2.05) is 6.92 Å². The minimum Gasteiger partial charge on any atom is -0.439 e. The molecule has 0 aliphatic rings. The van der Waals surface area contributed by atoms with Gasteiger partial charge >= 0.3 is 0 Å². The first kappa shape index (κ1) is 13.9. The van der Waals surface area contributed by atoms with Crippen LogP contribution < -0.4 is 10.1 Å². The third-order valence-corrected chi connectivity index (χ3v) is 2.96. The molecular formula is C16H14N4O2. The van der Waals surface area contributed by atoms with Gasteiger partial charge in [0.1, 0.15) is 11.3 Å². The first-order valence-corrected chi connectivity index (χ1v) is 6.90. The lowest BCUT2D eigenvalue weighted by Crippen LogP contribution is -2.22. The molecule has 110 valence electrons. The summed E-state index contributed by atoms with van der Waals surface area (Å²) in [7, 11) is 0. The molecule has 1 N–H and O–H groups in total. The smallest absolute Gasteiger partial charge is 0.251 e. The van der Waals surface area contributed by atoms with E-state index < -0.39 is 0 Å². The summed E-state index contributed by atoms with van der Waals surface area (Å²) in [4.78, 5) is 24.4. The van der Waals surface area contributed by atoms with Crippen LogP contribution in [0, 0.1) is 0 Å². The number of carbonyl (C=O) groups is 1. The Labute approximate surface area is 127 Å². The van der Waals surface area contributed by atoms with Crippen molar-refractivity contribution in [2.45, 2.75) is 6.92 Å². The zero-order valence-corrected chi connectivity index (χ0v) is 12.0. The summed E-state index contributed by atoms with van der Waals surface area (Å²) in [5.74, 6) is 0.811. The average Bonchev–Trinajstić information content (AvgIpc) is 2.55. The summed E-state index contributed by atoms with van der Waals surface area (Å²) in [5, 5.41) is 2.75. The lowest BCUT2D eigenvalue weighted by molar-refractivity contribution is 0.0955. The number of pyridine rings is 1. The van der Waals surface area contributed by atoms with Gasteiger partial charge in [0.2, 0.25) is 5.88 Å². The van der Waals surface area contributed by atoms with Crippen molar-refractivity contribution >= 4 is 17.1 Å². The van der Waals surface area contributed by atoms with Gasteiger partial charge in [-0.05, 0) is 31.2 Å². The van der Waals surface area contributed by atoms with Gasteiger partial charge < -0.3 is 10.1 Å². The monoisotopic (exact) mass is 294 g/mol. The third kappa shape index (κ3) is 3.01. The highest BCUT2D eigenvalue weighted by atomic mass is 16.5. The molecule has 0 saturated heterocycles. The topological polar surface area (TPSA) is 77.0 Å². The van der Waals surface area contributed by atoms with Gasteiger partial charge in [0, 0.05) is 30.6 Å². The van der Waals surface area contributed by atoms with Crippen LogP contribution in [0.25, 0.3) is 11.2 Å². The first-order chi connectivity index (χ1) is 10.8. The molecule has 3 rings (SSSR count). The molecule has 0 unspecified atom stereocenters. The lowest BCUT2D eigenvalue weighted by Gasteiger charge is -2.07. The van der Waals surface area contributed by atoms with Gasteiger partial charge in [-0.25, -0.2) is 4.98 Å². The highest BCUT2D eigenvalue weighted by Crippen LogP contribution is 2.21. The van der Waals surface area contributed by atoms with Crippen molar-refractivity contribution in [3.05, 3.63) is 54.4 Å². The van der Waals surface area contributed by atoms with Gasteiger partial charge in [0.15, 0.2) is 5.65 Å². The SMILES string of the molecule is CCNC(=O)c1cccc(Oc2ccc3nccnc3n2)c1. The van der Waals surface area contributed by atoms with Gasteiger partial charge in [-0.2, -0.15) is 4.98 Å². The second kappa shape index (κ2) is 6.17. The molecule has 0 saturated carbocycles. The predicted octanol–water partition coefficient (Wildman–Crippen LogP) is 2.57. The van der Waals surface area contributed by atoms with Crippen LogP contribution in [0.1, 0.15) is 17.3 Å². The molecule has 6 heteroatoms. The highest BCUT2D eigenvalue weighted by Gasteiger charge is 2.07. The molecule has 22 heavy (non-hydrogen) atoms. The van der Waals surface area contributed by atoms with Crippen LogP contribution in [0.2, 0.25) is 0 Å². The normalized spacial score (nSPS) is 10.4. The van der Waals surface area contributed by atoms with E-state index in [1.54, 1.807) is 48.8 Å². The molecule has 0 aliphatic carbocycles. The second-order valence-electron chi connectivity index (χ2n) is 4.54. The number of fused-ring (bicyclic) bond motifs is 1. The van der Waals surface area contributed by atoms with Crippen LogP contribution >= 0.6 is 0 Å². The Bertz CT molecular complexity index is 820. The highest BCUT2D eigenvalue weighted by molar-refractivity contribution is 5.94. The fourth-order valence-corrected chi connectivity index (χ4v) is 1.98. The van der Waals surface area contributed by atoms with E-state index in [2.05, 4.69) is 20.3 Å². The number of ether oxygens (including phenoxy) is 1. The Kier molecular flexibility index (Phi) is 3.91. The summed E-state index contributed by atoms with van der Waals surface area (Å²) in [6.45, 7) is 2.45. The maximum Gasteiger partial charge on any atom is 0.251 e. The maximum absolute atomic E-state index is 11.8. The average molecular weight is 294 g/mol. The van der Waals surface area contributed by atoms with Crippen molar-refractivity contribution in [1.29, 1.82) is 0 Å². The number of aromatic nitrogens is 3. The van der Waals surface area contributed by atoms with Crippen molar-refractivity contribution in [2.75, 3.05) is 6.54 Å². The Hall–Kier alpha value is -3.02. The zero-order chi connectivity index (χ0) is 15.4. The molecule has 1 aromatic carbocycles. The van der Waals surface area contributed by atoms with Gasteiger partial charge in [-0.1, -0.05) is 6.07 Å². The molecule has 0 atom stereocenters. The van der Waals surface area contributed by atoms with Gasteiger partial charge in [0.25, 0.3) is 5.91 Å². The molecule has 3 aromatic rings. The van der Waals surface area contributed by atoms with E-state index in [1.165, 1.54) is 0 Å². The molecule has 0 spiro atoms. The van der Waals surface area contributed by atoms with Crippen molar-refractivity contribution in [3.63, 3.8) is 0 Å². The van der Waals surface area contributed by atoms with E-state index in [0.717, 1.165) is 0 Å². The van der Waals surface area contributed by atoms with Crippen LogP contribution in [-0.2, 0) is 0 Å². The molecule has 2 aromatic heterocycles. The molecule has 0 radical (unpaired) electrons. The maximum atomic E-state index is 11.8. The summed E-state index contributed by atoms with van der Waals surface area (Å²) < 4.78 is 5.70. The molecule has 0 bridgehead atoms. The summed E-state index contributed by atoms with van der Waals surface area (Å²) in [6.07, 6.45) is 3.19. The van der Waals surface area contributed by atoms with Gasteiger partial charge in [0.05, 0.1) is 0 Å². The van der Waals surface area contributed by atoms with E-state index in [9.17, 15) is 4.79 Å². The molecule has 2 heterocycles. The summed E-state index contributed by atoms with van der Waals surface area (Å²) in [5.41, 5.74) is 1.76. The number of amides is 1. The fraction of sp³-hybridized carbons (Fsp3) is 0.125. The number of hydrogen-bond acceptors (Lipinski definition) is 5. The van der Waals surface area contributed by atoms with Crippen LogP contribution in [0.15, 0.2) is 48.8 Å². The van der Waals surface area contributed by atoms with Gasteiger partial charge in [-0.15, -0.1) is 0 Å². The predicted molar refractivity (Wildman–Crippen MR) is 81.9 cm³/mol. The minimum absolute atomic E-state index is 0.134. The molecule has 1 amide bonds. The Morgan fingerprint density at radius 3 is 2.91 bits per heavy atom. The standard InChI is InChI=1S/C16H14N4O2/c1-2-17-16(21)11-4-3-5-12(10-11)22-14-7-6-13-15(20-14)19-9-8-18-13/h3-10H,2H2,1H3,(H,17,21). The summed E-state index contributed by atoms with van der Waals surface area (Å²) in [6, 6.07) is 10.4. The van der Waals surface area contributed by atoms with Crippen LogP contribution in [0.3, 0.4) is 0 Å². The first-order valence-electron chi connectivity index (χ1n) is 6.90. The van der Waals surface area contributed by atoms with E-state index in [0.29, 0.717) is 34.9 Å². The number of benzene rings is 1. The van der Waals surface area contributed by atoms with Crippen molar-refractivity contribution in [3.8, 4) is 11.6 Å². The van der Waals surface area contributed by atoms with Crippen molar-refractivity contribution in [2.24, 2.45) is 0 Å². The Morgan fingerprint density at radius 2 is 2.05 bits per heavy atom. The minimum atomic E-state index is -0.134. The molecule has 6 nitrogen and oxygen atoms in total. The zero-order valence-electron chi connectivity index (χ0n) is 12.0. The Balaban J connectivity index is 1.85. The quantitative estimate of drug-likeness (QED) is 0.800. The van der Waals surface area contributed by atoms with Crippen LogP contribution in [0.4, 0.5) is 0 Å². The largest absolute Gasteiger partial charge is 0.439 e. The number of carbonyl (C=O) groups excluding carboxylic acids is 1. The van der Waals surface area contributed by atoms with Crippen molar-refractivity contribution < 1.29 is 9.53 Å². The van der Waals surface area contributed by atoms with E-state index in [4.69, 9.17) is 4.74 Å². The lowest BCUT2D eigenvalue weighted by atomic mass is 10.2. The van der Waals surface area contributed by atoms with Crippen LogP contribution in [-0.4, -0.2) is 27.4 Å². The Morgan fingerprint density at radius 1 is 1.18 bits per heavy atom. The van der Waals surface area contributed by atoms with Gasteiger partial charge in [-0.3, -0.25) is 9.78 Å². The number of nitrogens with one attached hydrogen (secondary N) is 1. The van der Waals surface area contributed by atoms with Crippen molar-refractivity contribution in [1.82, 2.24) is 20.3 Å². The number of hydrogen-bond donors (Lipinski definition) is 1. The van der Waals surface area contributed by atoms with E-state index in [-0.39, 0.29) is 5.91 Å². The molecule has 0 fully saturated rings. The summed E-state index contributed by atoms with van der Waals surface area (Å²) >= 11 is 0. The van der Waals surface area contributed by atoms with E-state index >= 15 is 0 Å². The van der Waals surface area contributed by atoms with Crippen LogP contribution in [0.5, 0.6) is 11.6 Å². The third-order valence-electron chi connectivity index (χ3n) is 2.96. The molecular weight excluding hydrogens is 280 g/mol. The molecule has 0 aliphatic heterocycles. The number of nitrogens with zero attached hydrogens (tertiary/aromatic N) is 3. The fourth-order valence-electron chi connectivity index (χ4n) is 1.98. The second-order valence-corrected chi connectivity index (χ2v) is 4.54. The number of rotatable bonds is 4.